The van der Waals surface area contributed by atoms with Crippen molar-refractivity contribution in [3.8, 4) is 0 Å². The standard InChI is InChI=1S/C40H46N2O17/c1-18-19(2)34(48)57-31-28(47)32(58-35(49)24-11-9-13-41-15-24)39(17-52-20(3)43)33(56-23(6)46)29(54-21(4)44)26-30(55-22(5)45)40(39,38(31,8)51)59-37(26,7)16-53-36(50)25-12-10-14-42-27(18)25/h9-15,18-19,26,28-33,47,51H,16-17H2,1-8H3/t18-,19+,26-,28+,29-,30-,31+,32+,33-,37+,38+,39+,40+/m1/s1. The van der Waals surface area contributed by atoms with Gasteiger partial charge in [-0.3, -0.25) is 33.9 Å². The number of aliphatic hydroxyl groups excluding tert-OH is 1. The number of nitrogens with zero attached hydrogens (tertiary/aromatic N) is 2. The van der Waals surface area contributed by atoms with Crippen LogP contribution in [0.15, 0.2) is 42.9 Å². The number of esters is 7. The third kappa shape index (κ3) is 6.87. The number of fused-ring (bicyclic) bond motifs is 5. The van der Waals surface area contributed by atoms with Gasteiger partial charge in [-0.1, -0.05) is 13.8 Å². The summed E-state index contributed by atoms with van der Waals surface area (Å²) in [5.74, 6) is -10.7. The van der Waals surface area contributed by atoms with Crippen molar-refractivity contribution in [2.75, 3.05) is 13.2 Å². The lowest BCUT2D eigenvalue weighted by atomic mass is 9.45. The van der Waals surface area contributed by atoms with Crippen molar-refractivity contribution in [2.24, 2.45) is 17.3 Å². The molecule has 6 rings (SSSR count). The molecule has 4 heterocycles. The van der Waals surface area contributed by atoms with Crippen LogP contribution in [-0.2, 0) is 61.9 Å². The van der Waals surface area contributed by atoms with Crippen molar-refractivity contribution in [3.63, 3.8) is 0 Å². The van der Waals surface area contributed by atoms with E-state index in [0.717, 1.165) is 40.8 Å². The molecule has 2 aliphatic carbocycles. The molecule has 0 amide bonds. The van der Waals surface area contributed by atoms with E-state index in [1.807, 2.05) is 0 Å². The summed E-state index contributed by atoms with van der Waals surface area (Å²) < 4.78 is 48.7. The van der Waals surface area contributed by atoms with Crippen LogP contribution < -0.4 is 0 Å². The van der Waals surface area contributed by atoms with Crippen LogP contribution in [0.25, 0.3) is 0 Å². The van der Waals surface area contributed by atoms with Gasteiger partial charge in [0.05, 0.1) is 28.7 Å². The number of ether oxygens (including phenoxy) is 8. The molecule has 0 radical (unpaired) electrons. The van der Waals surface area contributed by atoms with Crippen molar-refractivity contribution in [1.29, 1.82) is 0 Å². The molecule has 0 unspecified atom stereocenters. The van der Waals surface area contributed by atoms with E-state index in [0.29, 0.717) is 0 Å². The fourth-order valence-electron chi connectivity index (χ4n) is 9.45. The molecule has 1 saturated heterocycles. The predicted octanol–water partition coefficient (Wildman–Crippen LogP) is 1.15. The lowest BCUT2D eigenvalue weighted by Gasteiger charge is -2.67. The maximum atomic E-state index is 14.3. The van der Waals surface area contributed by atoms with Gasteiger partial charge in [-0.25, -0.2) is 9.59 Å². The minimum Gasteiger partial charge on any atom is -0.465 e. The molecule has 318 valence electrons. The van der Waals surface area contributed by atoms with E-state index in [1.165, 1.54) is 50.5 Å². The molecule has 13 atom stereocenters. The molecule has 2 aromatic heterocycles. The lowest BCUT2D eigenvalue weighted by Crippen LogP contribution is -2.89. The summed E-state index contributed by atoms with van der Waals surface area (Å²) >= 11 is 0. The van der Waals surface area contributed by atoms with Gasteiger partial charge in [-0.05, 0) is 38.1 Å². The van der Waals surface area contributed by atoms with E-state index in [9.17, 15) is 43.8 Å². The molecule has 2 aromatic rings. The van der Waals surface area contributed by atoms with Crippen LogP contribution in [0.1, 0.15) is 87.7 Å². The van der Waals surface area contributed by atoms with Crippen LogP contribution in [-0.4, -0.2) is 129 Å². The largest absolute Gasteiger partial charge is 0.465 e. The molecule has 4 aliphatic rings. The number of carbonyl (C=O) groups excluding carboxylic acids is 7. The van der Waals surface area contributed by atoms with E-state index in [2.05, 4.69) is 9.97 Å². The highest BCUT2D eigenvalue weighted by atomic mass is 16.7. The van der Waals surface area contributed by atoms with Crippen LogP contribution in [0.3, 0.4) is 0 Å². The maximum absolute atomic E-state index is 14.3. The van der Waals surface area contributed by atoms with Gasteiger partial charge in [0.15, 0.2) is 17.8 Å². The number of rotatable bonds is 7. The van der Waals surface area contributed by atoms with E-state index in [4.69, 9.17) is 37.9 Å². The SMILES string of the molecule is CC(=O)OC[C@]12[C@H](OC(C)=O)[C@H](OC(C)=O)[C@@H]3[C@@H](OC(C)=O)[C@@]14O[C@@]3(C)COC(=O)c1cccnc1[C@H](C)[C@H](C)C(=O)O[C@@H]([C@H](O)[C@@H]2OC(=O)c1cccnc1)[C@]4(C)O. The van der Waals surface area contributed by atoms with Crippen LogP contribution in [0, 0.1) is 17.3 Å². The van der Waals surface area contributed by atoms with Gasteiger partial charge in [0, 0.05) is 52.2 Å². The highest BCUT2D eigenvalue weighted by Crippen LogP contribution is 2.70. The topological polar surface area (TPSA) is 260 Å². The van der Waals surface area contributed by atoms with Crippen molar-refractivity contribution < 1.29 is 81.7 Å². The molecule has 4 bridgehead atoms. The Balaban J connectivity index is 1.76. The zero-order valence-corrected chi connectivity index (χ0v) is 33.6. The highest BCUT2D eigenvalue weighted by molar-refractivity contribution is 5.91. The minimum atomic E-state index is -2.83. The minimum absolute atomic E-state index is 0.0379. The number of pyridine rings is 2. The molecule has 19 nitrogen and oxygen atoms in total. The van der Waals surface area contributed by atoms with Crippen molar-refractivity contribution in [1.82, 2.24) is 9.97 Å². The predicted molar refractivity (Wildman–Crippen MR) is 193 cm³/mol. The van der Waals surface area contributed by atoms with Crippen LogP contribution in [0.4, 0.5) is 0 Å². The summed E-state index contributed by atoms with van der Waals surface area (Å²) in [6.45, 7) is 7.72. The number of cyclic esters (lactones) is 1. The third-order valence-corrected chi connectivity index (χ3v) is 12.0. The van der Waals surface area contributed by atoms with Crippen molar-refractivity contribution in [2.45, 2.75) is 115 Å². The van der Waals surface area contributed by atoms with Gasteiger partial charge in [0.25, 0.3) is 0 Å². The van der Waals surface area contributed by atoms with E-state index < -0.39 is 132 Å². The maximum Gasteiger partial charge on any atom is 0.340 e. The van der Waals surface area contributed by atoms with Gasteiger partial charge in [0.1, 0.15) is 54.2 Å². The van der Waals surface area contributed by atoms with E-state index in [-0.39, 0.29) is 16.8 Å². The molecule has 2 aliphatic heterocycles. The Morgan fingerprint density at radius 3 is 2.10 bits per heavy atom. The summed E-state index contributed by atoms with van der Waals surface area (Å²) in [6.07, 6.45) is -8.53. The summed E-state index contributed by atoms with van der Waals surface area (Å²) in [4.78, 5) is 103. The molecule has 2 saturated carbocycles. The fraction of sp³-hybridized carbons (Fsp3) is 0.575. The monoisotopic (exact) mass is 826 g/mol. The van der Waals surface area contributed by atoms with E-state index in [1.54, 1.807) is 6.92 Å². The van der Waals surface area contributed by atoms with Gasteiger partial charge in [-0.2, -0.15) is 0 Å². The molecule has 2 N–H and O–H groups in total. The van der Waals surface area contributed by atoms with E-state index >= 15 is 0 Å². The molecular formula is C40H46N2O17. The van der Waals surface area contributed by atoms with Gasteiger partial charge in [-0.15, -0.1) is 0 Å². The first kappa shape index (κ1) is 43.1. The molecule has 1 spiro atoms. The van der Waals surface area contributed by atoms with Gasteiger partial charge < -0.3 is 48.1 Å². The molecule has 3 fully saturated rings. The molecule has 19 heteroatoms. The summed E-state index contributed by atoms with van der Waals surface area (Å²) in [6, 6.07) is 5.63. The highest BCUT2D eigenvalue weighted by Gasteiger charge is 2.91. The number of hydrogen-bond acceptors (Lipinski definition) is 19. The summed E-state index contributed by atoms with van der Waals surface area (Å²) in [5.41, 5.74) is -10.4. The second-order valence-corrected chi connectivity index (χ2v) is 15.8. The first-order valence-electron chi connectivity index (χ1n) is 18.8. The van der Waals surface area contributed by atoms with Gasteiger partial charge >= 0.3 is 41.8 Å². The summed E-state index contributed by atoms with van der Waals surface area (Å²) in [5, 5.41) is 26.0. The normalized spacial score (nSPS) is 37.4. The Labute approximate surface area is 337 Å². The van der Waals surface area contributed by atoms with Gasteiger partial charge in [0.2, 0.25) is 0 Å². The number of aliphatic hydroxyl groups is 2. The van der Waals surface area contributed by atoms with Crippen molar-refractivity contribution >= 4 is 41.8 Å². The average molecular weight is 827 g/mol. The smallest absolute Gasteiger partial charge is 0.340 e. The zero-order valence-electron chi connectivity index (χ0n) is 33.6. The van der Waals surface area contributed by atoms with Crippen LogP contribution in [0.5, 0.6) is 0 Å². The summed E-state index contributed by atoms with van der Waals surface area (Å²) in [7, 11) is 0. The van der Waals surface area contributed by atoms with Crippen LogP contribution >= 0.6 is 0 Å². The Morgan fingerprint density at radius 2 is 1.49 bits per heavy atom. The molecule has 0 aromatic carbocycles. The fourth-order valence-corrected chi connectivity index (χ4v) is 9.45. The Bertz CT molecular complexity index is 2040. The van der Waals surface area contributed by atoms with Crippen LogP contribution in [0.2, 0.25) is 0 Å². The molecule has 59 heavy (non-hydrogen) atoms. The van der Waals surface area contributed by atoms with Crippen molar-refractivity contribution in [3.05, 3.63) is 59.7 Å². The second kappa shape index (κ2) is 15.6. The Morgan fingerprint density at radius 1 is 0.847 bits per heavy atom. The quantitative estimate of drug-likeness (QED) is 0.293. The lowest BCUT2D eigenvalue weighted by molar-refractivity contribution is -0.385. The zero-order chi connectivity index (χ0) is 43.4. The Kier molecular flexibility index (Phi) is 11.4. The average Bonchev–Trinajstić information content (AvgIpc) is 3.39. The second-order valence-electron chi connectivity index (χ2n) is 15.8. The third-order valence-electron chi connectivity index (χ3n) is 12.0. The number of aromatic nitrogens is 2. The first-order valence-corrected chi connectivity index (χ1v) is 18.8. The molecular weight excluding hydrogens is 780 g/mol. The number of hydrogen-bond donors (Lipinski definition) is 2. The first-order chi connectivity index (χ1) is 27.6. The number of carbonyl (C=O) groups is 7. The Hall–Kier alpha value is -5.53.